The summed E-state index contributed by atoms with van der Waals surface area (Å²) >= 11 is 6.53. The maximum Gasteiger partial charge on any atom is 0.416 e. The number of fused-ring (bicyclic) bond motifs is 1. The minimum Gasteiger partial charge on any atom is -0.455 e. The van der Waals surface area contributed by atoms with E-state index in [4.69, 9.17) is 21.1 Å². The zero-order valence-corrected chi connectivity index (χ0v) is 40.2. The molecule has 8 rings (SSSR count). The number of nitro groups is 1. The van der Waals surface area contributed by atoms with Crippen molar-refractivity contribution < 1.29 is 49.2 Å². The van der Waals surface area contributed by atoms with Gasteiger partial charge in [0, 0.05) is 86.8 Å². The molecule has 2 aromatic heterocycles. The van der Waals surface area contributed by atoms with Crippen molar-refractivity contribution in [1.82, 2.24) is 23.9 Å². The number of hydrogen-bond acceptors (Lipinski definition) is 13. The smallest absolute Gasteiger partial charge is 0.416 e. The molecule has 0 bridgehead atoms. The van der Waals surface area contributed by atoms with E-state index in [-0.39, 0.29) is 59.4 Å². The molecule has 3 N–H and O–H groups in total. The number of ether oxygens (including phenoxy) is 2. The van der Waals surface area contributed by atoms with Crippen LogP contribution in [0.25, 0.3) is 16.6 Å². The molecule has 0 unspecified atom stereocenters. The number of rotatable bonds is 14. The third kappa shape index (κ3) is 11.6. The van der Waals surface area contributed by atoms with Gasteiger partial charge in [-0.3, -0.25) is 19.8 Å². The third-order valence-corrected chi connectivity index (χ3v) is 15.5. The van der Waals surface area contributed by atoms with Gasteiger partial charge >= 0.3 is 6.18 Å². The fraction of sp³-hybridized carbons (Fsp3) is 0.391. The van der Waals surface area contributed by atoms with Gasteiger partial charge in [0.2, 0.25) is 10.0 Å². The Kier molecular flexibility index (Phi) is 14.1. The molecule has 0 spiro atoms. The monoisotopic (exact) mass is 1010 g/mol. The third-order valence-electron chi connectivity index (χ3n) is 12.6. The number of alkyl halides is 3. The fourth-order valence-electron chi connectivity index (χ4n) is 8.80. The van der Waals surface area contributed by atoms with Crippen LogP contribution in [0.15, 0.2) is 89.6 Å². The van der Waals surface area contributed by atoms with Crippen LogP contribution in [0, 0.1) is 15.5 Å². The van der Waals surface area contributed by atoms with Gasteiger partial charge in [-0.15, -0.1) is 0 Å². The van der Waals surface area contributed by atoms with Crippen LogP contribution in [-0.4, -0.2) is 118 Å². The molecule has 2 saturated heterocycles. The first kappa shape index (κ1) is 49.6. The maximum atomic E-state index is 14.0. The number of aromatic amines is 1. The number of carbonyl (C=O) groups is 1. The number of nitrogens with one attached hydrogen (secondary N) is 3. The van der Waals surface area contributed by atoms with Crippen molar-refractivity contribution in [1.29, 1.82) is 0 Å². The second kappa shape index (κ2) is 19.5. The molecule has 17 nitrogen and oxygen atoms in total. The first-order valence-corrected chi connectivity index (χ1v) is 25.7. The van der Waals surface area contributed by atoms with E-state index in [0.717, 1.165) is 59.9 Å². The highest BCUT2D eigenvalue weighted by molar-refractivity contribution is 7.90. The number of piperazine rings is 1. The Labute approximate surface area is 401 Å². The Morgan fingerprint density at radius 2 is 1.80 bits per heavy atom. The normalized spacial score (nSPS) is 18.6. The first-order valence-electron chi connectivity index (χ1n) is 22.0. The van der Waals surface area contributed by atoms with Crippen molar-refractivity contribution in [3.05, 3.63) is 117 Å². The number of morpholine rings is 1. The van der Waals surface area contributed by atoms with Gasteiger partial charge < -0.3 is 24.7 Å². The predicted molar refractivity (Wildman–Crippen MR) is 255 cm³/mol. The fourth-order valence-corrected chi connectivity index (χ4v) is 10.9. The van der Waals surface area contributed by atoms with Crippen LogP contribution in [0.3, 0.4) is 0 Å². The summed E-state index contributed by atoms with van der Waals surface area (Å²) in [5, 5.41) is 15.8. The molecule has 1 atom stereocenters. The van der Waals surface area contributed by atoms with Crippen molar-refractivity contribution >= 4 is 71.2 Å². The Morgan fingerprint density at radius 3 is 2.51 bits per heavy atom. The van der Waals surface area contributed by atoms with E-state index in [1.807, 2.05) is 4.72 Å². The van der Waals surface area contributed by atoms with Crippen molar-refractivity contribution in [2.24, 2.45) is 5.41 Å². The van der Waals surface area contributed by atoms with E-state index >= 15 is 0 Å². The molecule has 5 aromatic rings. The molecular weight excluding hydrogens is 965 g/mol. The number of nitro benzene ring substituents is 1. The van der Waals surface area contributed by atoms with Crippen LogP contribution in [-0.2, 0) is 31.0 Å². The SMILES string of the molecule is CC1(C)CCC(CN2CCN(c3ccc(C(=O)NS(=O)(=O)c4ccc(NC[C@@H]5CN(S(C)(=O)=O)CCO5)c([N+](=O)[O-])c4)c(Oc4cnc5[nH]ccc5c4)c3)CC2)=C(c2ccc(C(F)(F)F)cc2Cl)C1. The van der Waals surface area contributed by atoms with Crippen LogP contribution in [0.5, 0.6) is 11.5 Å². The van der Waals surface area contributed by atoms with Gasteiger partial charge in [-0.05, 0) is 84.3 Å². The zero-order valence-electron chi connectivity index (χ0n) is 37.8. The molecule has 23 heteroatoms. The van der Waals surface area contributed by atoms with Crippen LogP contribution >= 0.6 is 11.6 Å². The summed E-state index contributed by atoms with van der Waals surface area (Å²) in [4.78, 5) is 36.5. The molecule has 3 aromatic carbocycles. The Morgan fingerprint density at radius 1 is 1.03 bits per heavy atom. The highest BCUT2D eigenvalue weighted by Crippen LogP contribution is 2.46. The molecular formula is C46H50ClF3N8O9S2. The molecule has 2 fully saturated rings. The van der Waals surface area contributed by atoms with Gasteiger partial charge in [-0.2, -0.15) is 17.5 Å². The second-order valence-electron chi connectivity index (χ2n) is 18.1. The average molecular weight is 1020 g/mol. The standard InChI is InChI=1S/C46H50ClF3N8O9S2/c1-45(2)12-10-30(38(24-45)36-7-4-31(21-39(36)47)46(48,49)50)27-55-14-16-56(17-15-55)32-5-8-37(42(22-32)67-33-20-29-11-13-51-43(29)53-25-33)44(59)54-69(64,65)35-6-9-40(41(23-35)58(60)61)52-26-34-28-57(18-19-66-34)68(3,62)63/h4-9,11,13,20-23,25,34,52H,10,12,14-19,24,26-28H2,1-3H3,(H,51,53)(H,54,59)/t34-/m1/s1. The number of benzene rings is 3. The molecule has 1 amide bonds. The quantitative estimate of drug-likeness (QED) is 0.0715. The average Bonchev–Trinajstić information content (AvgIpc) is 3.76. The summed E-state index contributed by atoms with van der Waals surface area (Å²) < 4.78 is 107. The number of anilines is 2. The molecule has 1 aliphatic carbocycles. The predicted octanol–water partition coefficient (Wildman–Crippen LogP) is 7.91. The lowest BCUT2D eigenvalue weighted by atomic mass is 9.72. The lowest BCUT2D eigenvalue weighted by molar-refractivity contribution is -0.384. The van der Waals surface area contributed by atoms with Gasteiger partial charge in [0.25, 0.3) is 21.6 Å². The van der Waals surface area contributed by atoms with E-state index in [2.05, 4.69) is 38.9 Å². The Bertz CT molecular complexity index is 3050. The molecule has 0 saturated carbocycles. The molecule has 0 radical (unpaired) electrons. The van der Waals surface area contributed by atoms with Gasteiger partial charge in [0.15, 0.2) is 0 Å². The van der Waals surface area contributed by atoms with Gasteiger partial charge in [0.1, 0.15) is 22.8 Å². The van der Waals surface area contributed by atoms with E-state index < -0.39 is 59.3 Å². The van der Waals surface area contributed by atoms with Crippen LogP contribution < -0.4 is 19.7 Å². The summed E-state index contributed by atoms with van der Waals surface area (Å²) in [6.07, 6.45) is 1.43. The molecule has 368 valence electrons. The van der Waals surface area contributed by atoms with Crippen molar-refractivity contribution in [3.63, 3.8) is 0 Å². The summed E-state index contributed by atoms with van der Waals surface area (Å²) in [5.41, 5.74) is 2.32. The summed E-state index contributed by atoms with van der Waals surface area (Å²) in [7, 11) is -8.21. The van der Waals surface area contributed by atoms with Gasteiger partial charge in [0.05, 0.1) is 46.1 Å². The first-order chi connectivity index (χ1) is 32.5. The molecule has 2 aliphatic heterocycles. The topological polar surface area (TPSA) is 209 Å². The van der Waals surface area contributed by atoms with Crippen LogP contribution in [0.1, 0.15) is 54.6 Å². The van der Waals surface area contributed by atoms with Gasteiger partial charge in [-0.25, -0.2) is 26.5 Å². The number of pyridine rings is 1. The summed E-state index contributed by atoms with van der Waals surface area (Å²) in [6, 6.07) is 14.9. The molecule has 69 heavy (non-hydrogen) atoms. The van der Waals surface area contributed by atoms with E-state index in [1.165, 1.54) is 28.7 Å². The van der Waals surface area contributed by atoms with Crippen molar-refractivity contribution in [2.45, 2.75) is 50.3 Å². The summed E-state index contributed by atoms with van der Waals surface area (Å²) in [6.45, 7) is 7.56. The van der Waals surface area contributed by atoms with Gasteiger partial charge in [-0.1, -0.05) is 37.1 Å². The Hall–Kier alpha value is -5.78. The van der Waals surface area contributed by atoms with Crippen molar-refractivity contribution in [3.8, 4) is 11.5 Å². The number of halogens is 4. The number of hydrogen-bond donors (Lipinski definition) is 3. The molecule has 3 aliphatic rings. The van der Waals surface area contributed by atoms with E-state index in [9.17, 15) is 44.9 Å². The number of H-pyrrole nitrogens is 1. The Balaban J connectivity index is 0.996. The number of amides is 1. The summed E-state index contributed by atoms with van der Waals surface area (Å²) in [5.74, 6) is -0.799. The number of carbonyl (C=O) groups excluding carboxylic acids is 1. The van der Waals surface area contributed by atoms with Crippen molar-refractivity contribution in [2.75, 3.05) is 75.4 Å². The largest absolute Gasteiger partial charge is 0.455 e. The maximum absolute atomic E-state index is 14.0. The van der Waals surface area contributed by atoms with E-state index in [0.29, 0.717) is 56.0 Å². The lowest BCUT2D eigenvalue weighted by Gasteiger charge is -2.39. The number of nitrogens with zero attached hydrogens (tertiary/aromatic N) is 5. The highest BCUT2D eigenvalue weighted by atomic mass is 35.5. The minimum atomic E-state index is -4.71. The van der Waals surface area contributed by atoms with Crippen LogP contribution in [0.2, 0.25) is 5.02 Å². The highest BCUT2D eigenvalue weighted by Gasteiger charge is 2.34. The molecule has 4 heterocycles. The second-order valence-corrected chi connectivity index (χ2v) is 22.2. The number of aromatic nitrogens is 2. The van der Waals surface area contributed by atoms with E-state index in [1.54, 1.807) is 30.5 Å². The number of allylic oxidation sites excluding steroid dienone is 1. The zero-order chi connectivity index (χ0) is 49.5. The lowest BCUT2D eigenvalue weighted by Crippen LogP contribution is -2.47. The minimum absolute atomic E-state index is 0.0113. The van der Waals surface area contributed by atoms with Crippen LogP contribution in [0.4, 0.5) is 30.2 Å². The number of sulfonamides is 2.